The summed E-state index contributed by atoms with van der Waals surface area (Å²) in [6, 6.07) is 8.34. The smallest absolute Gasteiger partial charge is 0.338 e. The number of nitrogens with one attached hydrogen (secondary N) is 1. The molecule has 2 aromatic rings. The lowest BCUT2D eigenvalue weighted by Crippen LogP contribution is -2.32. The van der Waals surface area contributed by atoms with E-state index in [1.54, 1.807) is 24.3 Å². The van der Waals surface area contributed by atoms with Crippen molar-refractivity contribution in [3.05, 3.63) is 63.9 Å². The van der Waals surface area contributed by atoms with Crippen LogP contribution >= 0.6 is 11.6 Å². The minimum absolute atomic E-state index is 0.230. The fraction of sp³-hybridized carbons (Fsp3) is 0.176. The first-order chi connectivity index (χ1) is 11.5. The minimum atomic E-state index is -1.38. The van der Waals surface area contributed by atoms with Crippen LogP contribution in [0.3, 0.4) is 0 Å². The monoisotopic (exact) mass is 349 g/mol. The third-order valence-corrected chi connectivity index (χ3v) is 4.12. The van der Waals surface area contributed by atoms with Gasteiger partial charge in [0.15, 0.2) is 0 Å². The summed E-state index contributed by atoms with van der Waals surface area (Å²) in [5.41, 5.74) is 0.282. The molecule has 1 aliphatic rings. The van der Waals surface area contributed by atoms with Crippen LogP contribution in [-0.2, 0) is 0 Å². The van der Waals surface area contributed by atoms with Gasteiger partial charge in [0.1, 0.15) is 11.6 Å². The van der Waals surface area contributed by atoms with Crippen molar-refractivity contribution in [3.63, 3.8) is 0 Å². The second kappa shape index (κ2) is 6.49. The lowest BCUT2D eigenvalue weighted by molar-refractivity contribution is 0.0691. The number of carboxylic acid groups (broad SMARTS) is 1. The number of carbonyl (C=O) groups is 2. The molecule has 0 spiro atoms. The van der Waals surface area contributed by atoms with E-state index in [0.717, 1.165) is 6.07 Å². The number of aromatic carboxylic acids is 1. The van der Waals surface area contributed by atoms with Gasteiger partial charge < -0.3 is 15.2 Å². The van der Waals surface area contributed by atoms with Crippen molar-refractivity contribution in [2.24, 2.45) is 0 Å². The molecule has 2 N–H and O–H groups in total. The van der Waals surface area contributed by atoms with Gasteiger partial charge in [-0.15, -0.1) is 0 Å². The van der Waals surface area contributed by atoms with Gasteiger partial charge in [0, 0.05) is 18.1 Å². The molecule has 0 aromatic heterocycles. The van der Waals surface area contributed by atoms with Crippen molar-refractivity contribution in [1.29, 1.82) is 0 Å². The molecule has 0 bridgehead atoms. The first kappa shape index (κ1) is 16.3. The molecule has 0 saturated heterocycles. The molecule has 0 fully saturated rings. The molecule has 124 valence electrons. The highest BCUT2D eigenvalue weighted by Gasteiger charge is 2.27. The summed E-state index contributed by atoms with van der Waals surface area (Å²) >= 11 is 6.01. The summed E-state index contributed by atoms with van der Waals surface area (Å²) in [4.78, 5) is 23.5. The number of benzene rings is 2. The van der Waals surface area contributed by atoms with Crippen LogP contribution in [0.2, 0.25) is 5.02 Å². The molecule has 3 rings (SSSR count). The van der Waals surface area contributed by atoms with Crippen molar-refractivity contribution >= 4 is 23.5 Å². The van der Waals surface area contributed by atoms with Crippen LogP contribution in [0.5, 0.6) is 5.75 Å². The second-order valence-electron chi connectivity index (χ2n) is 5.32. The lowest BCUT2D eigenvalue weighted by atomic mass is 9.97. The van der Waals surface area contributed by atoms with Crippen molar-refractivity contribution in [2.75, 3.05) is 6.61 Å². The van der Waals surface area contributed by atoms with E-state index in [4.69, 9.17) is 21.4 Å². The fourth-order valence-corrected chi connectivity index (χ4v) is 2.83. The number of fused-ring (bicyclic) bond motifs is 1. The Balaban J connectivity index is 1.92. The molecule has 0 radical (unpaired) electrons. The summed E-state index contributed by atoms with van der Waals surface area (Å²) in [5, 5.41) is 12.2. The molecule has 0 aliphatic carbocycles. The zero-order valence-electron chi connectivity index (χ0n) is 12.4. The topological polar surface area (TPSA) is 75.6 Å². The van der Waals surface area contributed by atoms with Crippen molar-refractivity contribution in [3.8, 4) is 5.75 Å². The van der Waals surface area contributed by atoms with E-state index in [0.29, 0.717) is 22.6 Å². The predicted octanol–water partition coefficient (Wildman–Crippen LogP) is 3.43. The third-order valence-electron chi connectivity index (χ3n) is 3.79. The Morgan fingerprint density at radius 2 is 2.00 bits per heavy atom. The van der Waals surface area contributed by atoms with Crippen LogP contribution in [0.1, 0.15) is 38.7 Å². The quantitative estimate of drug-likeness (QED) is 0.890. The van der Waals surface area contributed by atoms with E-state index < -0.39 is 23.4 Å². The van der Waals surface area contributed by atoms with Gasteiger partial charge in [-0.2, -0.15) is 0 Å². The van der Waals surface area contributed by atoms with Crippen LogP contribution in [0, 0.1) is 5.82 Å². The average Bonchev–Trinajstić information content (AvgIpc) is 2.54. The number of halogens is 2. The number of hydrogen-bond acceptors (Lipinski definition) is 3. The van der Waals surface area contributed by atoms with E-state index >= 15 is 0 Å². The van der Waals surface area contributed by atoms with Gasteiger partial charge in [0.05, 0.1) is 28.8 Å². The van der Waals surface area contributed by atoms with E-state index in [9.17, 15) is 14.0 Å². The SMILES string of the molecule is O=C(O)c1cc2c(cc1F)OCC[C@H]2NC(=O)c1ccccc1Cl. The van der Waals surface area contributed by atoms with Crippen molar-refractivity contribution < 1.29 is 23.8 Å². The van der Waals surface area contributed by atoms with Gasteiger partial charge in [-0.25, -0.2) is 9.18 Å². The zero-order chi connectivity index (χ0) is 17.3. The number of hydrogen-bond donors (Lipinski definition) is 2. The Morgan fingerprint density at radius 1 is 1.25 bits per heavy atom. The molecule has 5 nitrogen and oxygen atoms in total. The molecule has 24 heavy (non-hydrogen) atoms. The van der Waals surface area contributed by atoms with E-state index in [-0.39, 0.29) is 18.3 Å². The molecule has 2 aromatic carbocycles. The van der Waals surface area contributed by atoms with Crippen LogP contribution < -0.4 is 10.1 Å². The Kier molecular flexibility index (Phi) is 4.40. The predicted molar refractivity (Wildman–Crippen MR) is 85.1 cm³/mol. The summed E-state index contributed by atoms with van der Waals surface area (Å²) in [6.07, 6.45) is 0.438. The summed E-state index contributed by atoms with van der Waals surface area (Å²) in [5.74, 6) is -2.41. The second-order valence-corrected chi connectivity index (χ2v) is 5.73. The first-order valence-corrected chi connectivity index (χ1v) is 7.60. The number of amides is 1. The molecule has 1 amide bonds. The van der Waals surface area contributed by atoms with Gasteiger partial charge >= 0.3 is 5.97 Å². The highest BCUT2D eigenvalue weighted by Crippen LogP contribution is 2.34. The average molecular weight is 350 g/mol. The van der Waals surface area contributed by atoms with E-state index in [2.05, 4.69) is 5.32 Å². The molecule has 1 aliphatic heterocycles. The van der Waals surface area contributed by atoms with Crippen molar-refractivity contribution in [1.82, 2.24) is 5.32 Å². The largest absolute Gasteiger partial charge is 0.493 e. The van der Waals surface area contributed by atoms with Gasteiger partial charge in [-0.05, 0) is 18.2 Å². The minimum Gasteiger partial charge on any atom is -0.493 e. The maximum Gasteiger partial charge on any atom is 0.338 e. The number of carbonyl (C=O) groups excluding carboxylic acids is 1. The molecule has 7 heteroatoms. The van der Waals surface area contributed by atoms with Crippen LogP contribution in [-0.4, -0.2) is 23.6 Å². The Morgan fingerprint density at radius 3 is 2.71 bits per heavy atom. The Bertz CT molecular complexity index is 824. The highest BCUT2D eigenvalue weighted by molar-refractivity contribution is 6.33. The standard InChI is InChI=1S/C17H13ClFNO4/c18-12-4-2-1-3-9(12)16(21)20-14-5-6-24-15-8-13(19)10(17(22)23)7-11(14)15/h1-4,7-8,14H,5-6H2,(H,20,21)(H,22,23)/t14-/m1/s1. The Labute approximate surface area is 142 Å². The molecular weight excluding hydrogens is 337 g/mol. The number of ether oxygens (including phenoxy) is 1. The Hall–Kier alpha value is -2.60. The van der Waals surface area contributed by atoms with Crippen LogP contribution in [0.15, 0.2) is 36.4 Å². The fourth-order valence-electron chi connectivity index (χ4n) is 2.61. The first-order valence-electron chi connectivity index (χ1n) is 7.22. The maximum atomic E-state index is 13.8. The van der Waals surface area contributed by atoms with Crippen LogP contribution in [0.25, 0.3) is 0 Å². The molecular formula is C17H13ClFNO4. The van der Waals surface area contributed by atoms with E-state index in [1.165, 1.54) is 6.07 Å². The molecule has 1 heterocycles. The van der Waals surface area contributed by atoms with Gasteiger partial charge in [0.2, 0.25) is 0 Å². The van der Waals surface area contributed by atoms with Gasteiger partial charge in [-0.1, -0.05) is 23.7 Å². The zero-order valence-corrected chi connectivity index (χ0v) is 13.1. The van der Waals surface area contributed by atoms with E-state index in [1.807, 2.05) is 0 Å². The van der Waals surface area contributed by atoms with Crippen molar-refractivity contribution in [2.45, 2.75) is 12.5 Å². The third kappa shape index (κ3) is 3.05. The van der Waals surface area contributed by atoms with Gasteiger partial charge in [0.25, 0.3) is 5.91 Å². The maximum absolute atomic E-state index is 13.8. The normalized spacial score (nSPS) is 16.0. The summed E-state index contributed by atoms with van der Waals surface area (Å²) in [6.45, 7) is 0.284. The lowest BCUT2D eigenvalue weighted by Gasteiger charge is -2.27. The molecule has 0 saturated carbocycles. The highest BCUT2D eigenvalue weighted by atomic mass is 35.5. The van der Waals surface area contributed by atoms with Gasteiger partial charge in [-0.3, -0.25) is 4.79 Å². The number of rotatable bonds is 3. The molecule has 1 atom stereocenters. The summed E-state index contributed by atoms with van der Waals surface area (Å²) in [7, 11) is 0. The number of carboxylic acids is 1. The summed E-state index contributed by atoms with van der Waals surface area (Å²) < 4.78 is 19.1. The van der Waals surface area contributed by atoms with Crippen LogP contribution in [0.4, 0.5) is 4.39 Å². The molecule has 0 unspecified atom stereocenters.